The van der Waals surface area contributed by atoms with Gasteiger partial charge < -0.3 is 10.2 Å². The molecule has 2 nitrogen and oxygen atoms in total. The first kappa shape index (κ1) is 28.8. The van der Waals surface area contributed by atoms with Gasteiger partial charge in [0.2, 0.25) is 0 Å². The number of alkyl halides is 10. The van der Waals surface area contributed by atoms with Crippen LogP contribution in [-0.2, 0) is 11.8 Å². The third kappa shape index (κ3) is 4.50. The summed E-state index contributed by atoms with van der Waals surface area (Å²) in [6, 6.07) is 6.08. The van der Waals surface area contributed by atoms with Crippen LogP contribution < -0.4 is 0 Å². The molecule has 0 unspecified atom stereocenters. The SMILES string of the molecule is Oc1c(I)cc2cc(C(F)(F)C(F)(F)F)ccc2c1-c1c(O)c(I)cc2cc(C(F)(F)C(F)(F)F)ccc12. The summed E-state index contributed by atoms with van der Waals surface area (Å²) in [6.45, 7) is 0. The van der Waals surface area contributed by atoms with Crippen LogP contribution in [0.5, 0.6) is 11.5 Å². The third-order valence-corrected chi connectivity index (χ3v) is 7.46. The van der Waals surface area contributed by atoms with E-state index in [1.807, 2.05) is 0 Å². The Bertz CT molecular complexity index is 1470. The molecular weight excluding hydrogens is 764 g/mol. The van der Waals surface area contributed by atoms with Crippen molar-refractivity contribution in [3.63, 3.8) is 0 Å². The Labute approximate surface area is 233 Å². The number of aromatic hydroxyl groups is 2. The molecule has 4 aromatic carbocycles. The fourth-order valence-electron chi connectivity index (χ4n) is 3.95. The maximum absolute atomic E-state index is 14.0. The molecule has 0 radical (unpaired) electrons. The highest BCUT2D eigenvalue weighted by atomic mass is 127. The molecule has 0 aliphatic rings. The number of benzene rings is 4. The molecule has 0 amide bonds. The predicted molar refractivity (Wildman–Crippen MR) is 136 cm³/mol. The smallest absolute Gasteiger partial charge is 0.458 e. The van der Waals surface area contributed by atoms with Crippen LogP contribution in [0.15, 0.2) is 48.5 Å². The van der Waals surface area contributed by atoms with Gasteiger partial charge in [-0.15, -0.1) is 0 Å². The van der Waals surface area contributed by atoms with E-state index in [4.69, 9.17) is 0 Å². The van der Waals surface area contributed by atoms with Crippen LogP contribution in [0, 0.1) is 7.14 Å². The Morgan fingerprint density at radius 1 is 0.500 bits per heavy atom. The molecule has 0 saturated carbocycles. The van der Waals surface area contributed by atoms with Gasteiger partial charge in [0.1, 0.15) is 11.5 Å². The van der Waals surface area contributed by atoms with E-state index in [1.165, 1.54) is 0 Å². The van der Waals surface area contributed by atoms with Crippen molar-refractivity contribution in [1.29, 1.82) is 0 Å². The zero-order chi connectivity index (χ0) is 28.6. The summed E-state index contributed by atoms with van der Waals surface area (Å²) in [6.07, 6.45) is -11.8. The molecule has 38 heavy (non-hydrogen) atoms. The van der Waals surface area contributed by atoms with Crippen molar-refractivity contribution in [2.75, 3.05) is 0 Å². The number of rotatable bonds is 3. The van der Waals surface area contributed by atoms with Gasteiger partial charge in [0.25, 0.3) is 0 Å². The van der Waals surface area contributed by atoms with Crippen molar-refractivity contribution in [3.05, 3.63) is 66.8 Å². The fraction of sp³-hybridized carbons (Fsp3) is 0.167. The van der Waals surface area contributed by atoms with E-state index >= 15 is 0 Å². The summed E-state index contributed by atoms with van der Waals surface area (Å²) >= 11 is 3.15. The largest absolute Gasteiger partial charge is 0.506 e. The summed E-state index contributed by atoms with van der Waals surface area (Å²) in [5.41, 5.74) is -3.27. The molecule has 0 atom stereocenters. The summed E-state index contributed by atoms with van der Waals surface area (Å²) in [4.78, 5) is 0. The van der Waals surface area contributed by atoms with Crippen molar-refractivity contribution in [2.24, 2.45) is 0 Å². The molecule has 0 heterocycles. The van der Waals surface area contributed by atoms with Crippen LogP contribution in [0.1, 0.15) is 11.1 Å². The first-order chi connectivity index (χ1) is 17.3. The first-order valence-electron chi connectivity index (χ1n) is 10.1. The van der Waals surface area contributed by atoms with Crippen molar-refractivity contribution >= 4 is 66.7 Å². The van der Waals surface area contributed by atoms with Gasteiger partial charge in [-0.05, 0) is 91.0 Å². The zero-order valence-corrected chi connectivity index (χ0v) is 22.4. The molecule has 0 aliphatic heterocycles. The maximum atomic E-state index is 14.0. The lowest BCUT2D eigenvalue weighted by Crippen LogP contribution is -2.33. The highest BCUT2D eigenvalue weighted by Gasteiger charge is 2.59. The molecule has 4 rings (SSSR count). The molecule has 0 aliphatic carbocycles. The fourth-order valence-corrected chi connectivity index (χ4v) is 5.16. The summed E-state index contributed by atoms with van der Waals surface area (Å²) in [5.74, 6) is -11.5. The van der Waals surface area contributed by atoms with Crippen LogP contribution in [-0.4, -0.2) is 22.6 Å². The quantitative estimate of drug-likeness (QED) is 0.161. The summed E-state index contributed by atoms with van der Waals surface area (Å²) in [7, 11) is 0. The number of hydrogen-bond acceptors (Lipinski definition) is 2. The number of fused-ring (bicyclic) bond motifs is 2. The predicted octanol–water partition coefficient (Wildman–Crippen LogP) is 9.59. The van der Waals surface area contributed by atoms with Gasteiger partial charge in [0.05, 0.1) is 7.14 Å². The molecule has 4 aromatic rings. The van der Waals surface area contributed by atoms with E-state index in [1.54, 1.807) is 45.2 Å². The van der Waals surface area contributed by atoms with Crippen molar-refractivity contribution in [2.45, 2.75) is 24.2 Å². The average molecular weight is 774 g/mol. The van der Waals surface area contributed by atoms with E-state index < -0.39 is 46.8 Å². The van der Waals surface area contributed by atoms with Gasteiger partial charge in [-0.2, -0.15) is 43.9 Å². The second-order valence-electron chi connectivity index (χ2n) is 8.18. The molecule has 0 fully saturated rings. The van der Waals surface area contributed by atoms with Gasteiger partial charge in [0, 0.05) is 22.3 Å². The molecule has 0 aromatic heterocycles. The molecule has 0 spiro atoms. The van der Waals surface area contributed by atoms with Gasteiger partial charge in [0.15, 0.2) is 0 Å². The van der Waals surface area contributed by atoms with Crippen LogP contribution in [0.25, 0.3) is 32.7 Å². The summed E-state index contributed by atoms with van der Waals surface area (Å²) in [5, 5.41) is 21.2. The first-order valence-corrected chi connectivity index (χ1v) is 12.3. The Kier molecular flexibility index (Phi) is 6.93. The standard InChI is InChI=1S/C24H10F10I2O2/c25-21(26,23(29,30)31)11-1-3-13-9(5-11)7-15(35)19(37)17(13)18-14-4-2-12(22(27,28)24(32,33)34)6-10(14)8-16(36)20(18)38/h1-8,37-38H. The van der Waals surface area contributed by atoms with Crippen LogP contribution in [0.2, 0.25) is 0 Å². The average Bonchev–Trinajstić information content (AvgIpc) is 2.79. The molecular formula is C24H10F10I2O2. The van der Waals surface area contributed by atoms with Crippen molar-refractivity contribution in [1.82, 2.24) is 0 Å². The highest BCUT2D eigenvalue weighted by molar-refractivity contribution is 14.1. The molecule has 0 bridgehead atoms. The Morgan fingerprint density at radius 2 is 0.816 bits per heavy atom. The number of phenols is 2. The van der Waals surface area contributed by atoms with Gasteiger partial charge in [-0.25, -0.2) is 0 Å². The van der Waals surface area contributed by atoms with E-state index in [9.17, 15) is 54.1 Å². The van der Waals surface area contributed by atoms with Crippen LogP contribution >= 0.6 is 45.2 Å². The summed E-state index contributed by atoms with van der Waals surface area (Å²) < 4.78 is 133. The zero-order valence-electron chi connectivity index (χ0n) is 18.0. The minimum absolute atomic E-state index is 0.0239. The number of halogens is 12. The Hall–Kier alpha value is -2.24. The monoisotopic (exact) mass is 774 g/mol. The normalized spacial score (nSPS) is 13.5. The van der Waals surface area contributed by atoms with E-state index in [2.05, 4.69) is 0 Å². The second kappa shape index (κ2) is 9.16. The Balaban J connectivity index is 2.06. The highest BCUT2D eigenvalue weighted by Crippen LogP contribution is 2.51. The molecule has 0 saturated heterocycles. The van der Waals surface area contributed by atoms with Gasteiger partial charge >= 0.3 is 24.2 Å². The van der Waals surface area contributed by atoms with Crippen LogP contribution in [0.4, 0.5) is 43.9 Å². The molecule has 14 heteroatoms. The lowest BCUT2D eigenvalue weighted by Gasteiger charge is -2.22. The number of hydrogen-bond donors (Lipinski definition) is 2. The van der Waals surface area contributed by atoms with Crippen LogP contribution in [0.3, 0.4) is 0 Å². The molecule has 2 N–H and O–H groups in total. The van der Waals surface area contributed by atoms with Gasteiger partial charge in [-0.1, -0.05) is 24.3 Å². The lowest BCUT2D eigenvalue weighted by molar-refractivity contribution is -0.289. The third-order valence-electron chi connectivity index (χ3n) is 5.82. The lowest BCUT2D eigenvalue weighted by atomic mass is 9.90. The minimum atomic E-state index is -5.90. The number of phenolic OH excluding ortho intramolecular Hbond substituents is 2. The molecule has 202 valence electrons. The minimum Gasteiger partial charge on any atom is -0.506 e. The Morgan fingerprint density at radius 3 is 1.11 bits per heavy atom. The van der Waals surface area contributed by atoms with E-state index in [0.29, 0.717) is 24.3 Å². The topological polar surface area (TPSA) is 40.5 Å². The maximum Gasteiger partial charge on any atom is 0.458 e. The van der Waals surface area contributed by atoms with Crippen molar-refractivity contribution < 1.29 is 54.1 Å². The van der Waals surface area contributed by atoms with Crippen molar-refractivity contribution in [3.8, 4) is 22.6 Å². The second-order valence-corrected chi connectivity index (χ2v) is 10.5. The van der Waals surface area contributed by atoms with Gasteiger partial charge in [-0.3, -0.25) is 0 Å². The van der Waals surface area contributed by atoms with E-state index in [-0.39, 0.29) is 39.8 Å². The van der Waals surface area contributed by atoms with E-state index in [0.717, 1.165) is 24.3 Å².